The van der Waals surface area contributed by atoms with Gasteiger partial charge in [0.15, 0.2) is 5.69 Å². The minimum Gasteiger partial charge on any atom is -0.455 e. The third-order valence-corrected chi connectivity index (χ3v) is 5.64. The van der Waals surface area contributed by atoms with Crippen LogP contribution in [-0.2, 0) is 7.05 Å². The molecule has 0 saturated carbocycles. The number of rotatable bonds is 2. The van der Waals surface area contributed by atoms with Crippen molar-refractivity contribution in [2.45, 2.75) is 47.3 Å². The molecular weight excluding hydrogens is 356 g/mol. The summed E-state index contributed by atoms with van der Waals surface area (Å²) in [5, 5.41) is 11.1. The first-order valence-corrected chi connectivity index (χ1v) is 9.35. The average molecular weight is 392 g/mol. The van der Waals surface area contributed by atoms with Crippen LogP contribution in [-0.4, -0.2) is 0 Å². The highest BCUT2D eigenvalue weighted by Crippen LogP contribution is 2.39. The van der Waals surface area contributed by atoms with Crippen molar-refractivity contribution in [3.8, 4) is 17.3 Å². The number of aromatic nitrogens is 1. The molecule has 0 aliphatic heterocycles. The number of furan rings is 1. The molecule has 0 spiro atoms. The molecule has 29 heavy (non-hydrogen) atoms. The van der Waals surface area contributed by atoms with E-state index in [1.807, 2.05) is 26.0 Å². The largest absolute Gasteiger partial charge is 0.455 e. The third-order valence-electron chi connectivity index (χ3n) is 5.64. The summed E-state index contributed by atoms with van der Waals surface area (Å²) in [6.45, 7) is 0.678. The Morgan fingerprint density at radius 2 is 1.97 bits per heavy atom. The first-order chi connectivity index (χ1) is 16.9. The molecule has 1 unspecified atom stereocenters. The molecule has 2 heterocycles. The third kappa shape index (κ3) is 2.75. The maximum Gasteiger partial charge on any atom is 0.216 e. The van der Waals surface area contributed by atoms with Gasteiger partial charge in [-0.1, -0.05) is 32.0 Å². The van der Waals surface area contributed by atoms with E-state index in [-0.39, 0.29) is 28.6 Å². The fourth-order valence-corrected chi connectivity index (χ4v) is 3.87. The number of hydrogen-bond acceptors (Lipinski definition) is 2. The lowest BCUT2D eigenvalue weighted by molar-refractivity contribution is -0.667. The van der Waals surface area contributed by atoms with E-state index < -0.39 is 19.6 Å². The Morgan fingerprint density at radius 1 is 1.21 bits per heavy atom. The number of hydrogen-bond donors (Lipinski definition) is 0. The highest BCUT2D eigenvalue weighted by atomic mass is 16.3. The maximum absolute atomic E-state index is 9.82. The quantitative estimate of drug-likeness (QED) is 0.376. The van der Waals surface area contributed by atoms with Crippen LogP contribution < -0.4 is 4.57 Å². The minimum atomic E-state index is -2.90. The Hall–Kier alpha value is -3.12. The number of aryl methyl sites for hydroxylation is 2. The number of pyridine rings is 1. The standard InChI is InChI=1S/C26H27N2O/c1-14(2)20-12-22(28(7)18(6)17(20)5)24-16(4)8-10-19-25-21(13-27)15(3)9-11-23(25)29-26(19)24/h8-12,14H,1-7H3/q+1/i1D3,5D3,12D,14D. The molecule has 0 fully saturated rings. The van der Waals surface area contributed by atoms with Crippen LogP contribution in [0.2, 0.25) is 0 Å². The molecule has 0 radical (unpaired) electrons. The van der Waals surface area contributed by atoms with Crippen LogP contribution in [0.4, 0.5) is 0 Å². The Balaban J connectivity index is 2.26. The molecule has 2 aromatic heterocycles. The van der Waals surface area contributed by atoms with Crippen molar-refractivity contribution < 1.29 is 20.0 Å². The first kappa shape index (κ1) is 11.8. The van der Waals surface area contributed by atoms with Crippen molar-refractivity contribution in [1.82, 2.24) is 0 Å². The average Bonchev–Trinajstić information content (AvgIpc) is 3.14. The van der Waals surface area contributed by atoms with Gasteiger partial charge in [0.2, 0.25) is 5.69 Å². The zero-order valence-corrected chi connectivity index (χ0v) is 17.1. The maximum atomic E-state index is 9.82. The van der Waals surface area contributed by atoms with Crippen molar-refractivity contribution in [1.29, 1.82) is 5.26 Å². The number of nitrogens with zero attached hydrogens (tertiary/aromatic N) is 2. The monoisotopic (exact) mass is 391 g/mol. The van der Waals surface area contributed by atoms with Gasteiger partial charge in [0.25, 0.3) is 0 Å². The highest BCUT2D eigenvalue weighted by Gasteiger charge is 2.25. The Bertz CT molecular complexity index is 1640. The molecule has 1 atom stereocenters. The van der Waals surface area contributed by atoms with Crippen molar-refractivity contribution >= 4 is 21.9 Å². The van der Waals surface area contributed by atoms with Gasteiger partial charge in [-0.05, 0) is 49.4 Å². The highest BCUT2D eigenvalue weighted by molar-refractivity contribution is 6.12. The predicted octanol–water partition coefficient (Wildman–Crippen LogP) is 6.31. The molecule has 0 amide bonds. The molecule has 0 aliphatic carbocycles. The first-order valence-electron chi connectivity index (χ1n) is 13.3. The van der Waals surface area contributed by atoms with Crippen molar-refractivity contribution in [3.63, 3.8) is 0 Å². The van der Waals surface area contributed by atoms with Gasteiger partial charge in [-0.15, -0.1) is 0 Å². The van der Waals surface area contributed by atoms with Crippen LogP contribution in [0, 0.1) is 39.0 Å². The van der Waals surface area contributed by atoms with Crippen LogP contribution in [0.5, 0.6) is 0 Å². The normalized spacial score (nSPS) is 18.5. The van der Waals surface area contributed by atoms with E-state index >= 15 is 0 Å². The van der Waals surface area contributed by atoms with Crippen LogP contribution >= 0.6 is 0 Å². The number of benzene rings is 2. The summed E-state index contributed by atoms with van der Waals surface area (Å²) in [7, 11) is 1.62. The lowest BCUT2D eigenvalue weighted by atomic mass is 9.92. The molecule has 4 rings (SSSR count). The zero-order chi connectivity index (χ0) is 27.8. The van der Waals surface area contributed by atoms with Gasteiger partial charge in [0.05, 0.1) is 12.5 Å². The van der Waals surface area contributed by atoms with Gasteiger partial charge >= 0.3 is 0 Å². The van der Waals surface area contributed by atoms with Crippen LogP contribution in [0.25, 0.3) is 33.2 Å². The van der Waals surface area contributed by atoms with Crippen molar-refractivity contribution in [2.24, 2.45) is 7.05 Å². The molecular formula is C26H27N2O+. The summed E-state index contributed by atoms with van der Waals surface area (Å²) in [4.78, 5) is 0. The summed E-state index contributed by atoms with van der Waals surface area (Å²) in [5.74, 6) is -2.37. The molecule has 2 aromatic carbocycles. The Kier molecular flexibility index (Phi) is 2.74. The van der Waals surface area contributed by atoms with E-state index in [9.17, 15) is 5.26 Å². The summed E-state index contributed by atoms with van der Waals surface area (Å²) < 4.78 is 74.2. The summed E-state index contributed by atoms with van der Waals surface area (Å²) >= 11 is 0. The van der Waals surface area contributed by atoms with Crippen molar-refractivity contribution in [3.05, 3.63) is 63.8 Å². The molecule has 3 heteroatoms. The van der Waals surface area contributed by atoms with Gasteiger partial charge in [0.1, 0.15) is 24.3 Å². The van der Waals surface area contributed by atoms with E-state index in [2.05, 4.69) is 6.07 Å². The molecule has 3 nitrogen and oxygen atoms in total. The number of fused-ring (bicyclic) bond motifs is 3. The van der Waals surface area contributed by atoms with E-state index in [0.29, 0.717) is 38.6 Å². The molecule has 0 saturated heterocycles. The van der Waals surface area contributed by atoms with E-state index in [1.165, 1.54) is 0 Å². The second kappa shape index (κ2) is 6.74. The van der Waals surface area contributed by atoms with Gasteiger partial charge in [-0.3, -0.25) is 0 Å². The van der Waals surface area contributed by atoms with Crippen molar-refractivity contribution in [2.75, 3.05) is 0 Å². The molecule has 146 valence electrons. The second-order valence-corrected chi connectivity index (χ2v) is 7.47. The fraction of sp³-hybridized carbons (Fsp3) is 0.308. The van der Waals surface area contributed by atoms with Gasteiger partial charge in [0, 0.05) is 38.9 Å². The lowest BCUT2D eigenvalue weighted by Gasteiger charge is -2.14. The predicted molar refractivity (Wildman–Crippen MR) is 118 cm³/mol. The van der Waals surface area contributed by atoms with E-state index in [4.69, 9.17) is 15.4 Å². The minimum absolute atomic E-state index is 0.227. The molecule has 0 N–H and O–H groups in total. The summed E-state index contributed by atoms with van der Waals surface area (Å²) in [6.07, 6.45) is 0. The Morgan fingerprint density at radius 3 is 2.66 bits per heavy atom. The zero-order valence-electron chi connectivity index (χ0n) is 25.1. The summed E-state index contributed by atoms with van der Waals surface area (Å²) in [6, 6.07) is 9.11. The van der Waals surface area contributed by atoms with Crippen LogP contribution in [0.15, 0.2) is 34.7 Å². The second-order valence-electron chi connectivity index (χ2n) is 7.47. The molecule has 0 aliphatic rings. The topological polar surface area (TPSA) is 40.8 Å². The Labute approximate surface area is 183 Å². The lowest BCUT2D eigenvalue weighted by Crippen LogP contribution is -2.36. The summed E-state index contributed by atoms with van der Waals surface area (Å²) in [5.41, 5.74) is 3.12. The smallest absolute Gasteiger partial charge is 0.216 e. The van der Waals surface area contributed by atoms with Gasteiger partial charge in [-0.25, -0.2) is 0 Å². The molecule has 4 aromatic rings. The van der Waals surface area contributed by atoms with E-state index in [0.717, 1.165) is 12.5 Å². The SMILES string of the molecule is [2H]c1c(C([2H])(C)C([2H])([2H])[2H])c(C([2H])([2H])[2H])c(C)[n+](C)c1-c1c(C)ccc2c1oc1ccc(C)c(C#N)c12. The van der Waals surface area contributed by atoms with E-state index in [1.54, 1.807) is 30.7 Å². The van der Waals surface area contributed by atoms with Gasteiger partial charge in [-0.2, -0.15) is 9.83 Å². The van der Waals surface area contributed by atoms with Crippen LogP contribution in [0.1, 0.15) is 64.1 Å². The van der Waals surface area contributed by atoms with Crippen LogP contribution in [0.3, 0.4) is 0 Å². The number of nitriles is 1. The molecule has 0 bridgehead atoms. The van der Waals surface area contributed by atoms with Gasteiger partial charge < -0.3 is 4.42 Å². The fourth-order valence-electron chi connectivity index (χ4n) is 3.87.